The van der Waals surface area contributed by atoms with Crippen molar-refractivity contribution in [2.75, 3.05) is 14.2 Å². The van der Waals surface area contributed by atoms with Crippen LogP contribution in [0.5, 0.6) is 11.5 Å². The number of benzene rings is 1. The van der Waals surface area contributed by atoms with Gasteiger partial charge in [-0.1, -0.05) is 19.4 Å². The van der Waals surface area contributed by atoms with E-state index in [0.29, 0.717) is 17.9 Å². The fourth-order valence-electron chi connectivity index (χ4n) is 2.50. The summed E-state index contributed by atoms with van der Waals surface area (Å²) in [7, 11) is 3.13. The Morgan fingerprint density at radius 2 is 1.88 bits per heavy atom. The van der Waals surface area contributed by atoms with E-state index in [4.69, 9.17) is 14.6 Å². The Labute approximate surface area is 143 Å². The van der Waals surface area contributed by atoms with Gasteiger partial charge in [-0.3, -0.25) is 9.59 Å². The summed E-state index contributed by atoms with van der Waals surface area (Å²) in [6.45, 7) is 2.01. The van der Waals surface area contributed by atoms with Crippen LogP contribution in [0.4, 0.5) is 0 Å². The van der Waals surface area contributed by atoms with Gasteiger partial charge in [0.25, 0.3) is 0 Å². The molecule has 0 radical (unpaired) electrons. The zero-order chi connectivity index (χ0) is 17.9. The fourth-order valence-corrected chi connectivity index (χ4v) is 2.50. The molecule has 0 fully saturated rings. The van der Waals surface area contributed by atoms with E-state index in [-0.39, 0.29) is 24.8 Å². The molecule has 0 aliphatic carbocycles. The van der Waals surface area contributed by atoms with Gasteiger partial charge < -0.3 is 19.9 Å². The highest BCUT2D eigenvalue weighted by atomic mass is 16.5. The van der Waals surface area contributed by atoms with E-state index in [1.165, 1.54) is 0 Å². The zero-order valence-electron chi connectivity index (χ0n) is 14.6. The molecule has 0 saturated carbocycles. The number of unbranched alkanes of at least 4 members (excludes halogenated alkanes) is 1. The van der Waals surface area contributed by atoms with Crippen molar-refractivity contribution in [1.29, 1.82) is 0 Å². The summed E-state index contributed by atoms with van der Waals surface area (Å²) >= 11 is 0. The van der Waals surface area contributed by atoms with E-state index in [2.05, 4.69) is 5.32 Å². The summed E-state index contributed by atoms with van der Waals surface area (Å²) < 4.78 is 10.4. The number of carboxylic acids is 1. The highest BCUT2D eigenvalue weighted by molar-refractivity contribution is 5.79. The number of hydrogen-bond acceptors (Lipinski definition) is 4. The quantitative estimate of drug-likeness (QED) is 0.607. The Morgan fingerprint density at radius 1 is 1.17 bits per heavy atom. The van der Waals surface area contributed by atoms with Crippen LogP contribution in [-0.2, 0) is 16.0 Å². The summed E-state index contributed by atoms with van der Waals surface area (Å²) in [5.74, 6) is 0.405. The van der Waals surface area contributed by atoms with Crippen molar-refractivity contribution in [2.45, 2.75) is 51.5 Å². The van der Waals surface area contributed by atoms with Gasteiger partial charge in [-0.15, -0.1) is 0 Å². The summed E-state index contributed by atoms with van der Waals surface area (Å²) in [6, 6.07) is 5.50. The van der Waals surface area contributed by atoms with Crippen molar-refractivity contribution in [3.63, 3.8) is 0 Å². The second kappa shape index (κ2) is 10.5. The van der Waals surface area contributed by atoms with Crippen LogP contribution in [0.3, 0.4) is 0 Å². The average Bonchev–Trinajstić information content (AvgIpc) is 2.57. The van der Waals surface area contributed by atoms with Gasteiger partial charge in [-0.2, -0.15) is 0 Å². The van der Waals surface area contributed by atoms with Crippen molar-refractivity contribution < 1.29 is 24.2 Å². The second-order valence-electron chi connectivity index (χ2n) is 5.68. The second-order valence-corrected chi connectivity index (χ2v) is 5.68. The predicted molar refractivity (Wildman–Crippen MR) is 91.6 cm³/mol. The summed E-state index contributed by atoms with van der Waals surface area (Å²) in [6.07, 6.45) is 3.49. The molecule has 2 N–H and O–H groups in total. The molecule has 0 heterocycles. The lowest BCUT2D eigenvalue weighted by Crippen LogP contribution is -2.35. The van der Waals surface area contributed by atoms with Gasteiger partial charge in [0.15, 0.2) is 11.5 Å². The molecule has 0 aliphatic rings. The van der Waals surface area contributed by atoms with Crippen LogP contribution >= 0.6 is 0 Å². The minimum absolute atomic E-state index is 0.0488. The van der Waals surface area contributed by atoms with Gasteiger partial charge in [0.1, 0.15) is 0 Å². The molecule has 1 amide bonds. The first kappa shape index (κ1) is 19.8. The standard InChI is InChI=1S/C18H27NO5/c1-4-14(7-5-6-8-18(21)22)19-17(20)12-13-9-10-15(23-2)16(11-13)24-3/h9-11,14H,4-8,12H2,1-3H3,(H,19,20)(H,21,22). The number of amides is 1. The molecule has 1 atom stereocenters. The fraction of sp³-hybridized carbons (Fsp3) is 0.556. The highest BCUT2D eigenvalue weighted by Crippen LogP contribution is 2.27. The van der Waals surface area contributed by atoms with Gasteiger partial charge in [-0.05, 0) is 37.0 Å². The van der Waals surface area contributed by atoms with Crippen molar-refractivity contribution in [2.24, 2.45) is 0 Å². The maximum Gasteiger partial charge on any atom is 0.303 e. The van der Waals surface area contributed by atoms with Crippen LogP contribution in [0, 0.1) is 0 Å². The third-order valence-corrected chi connectivity index (χ3v) is 3.86. The first-order valence-electron chi connectivity index (χ1n) is 8.22. The molecule has 6 nitrogen and oxygen atoms in total. The molecule has 0 spiro atoms. The molecule has 24 heavy (non-hydrogen) atoms. The lowest BCUT2D eigenvalue weighted by Gasteiger charge is -2.17. The Kier molecular flexibility index (Phi) is 8.68. The Bertz CT molecular complexity index is 544. The van der Waals surface area contributed by atoms with Crippen LogP contribution < -0.4 is 14.8 Å². The van der Waals surface area contributed by atoms with Gasteiger partial charge in [0, 0.05) is 12.5 Å². The Balaban J connectivity index is 2.50. The molecular weight excluding hydrogens is 310 g/mol. The summed E-state index contributed by atoms with van der Waals surface area (Å²) in [5.41, 5.74) is 0.853. The molecule has 0 bridgehead atoms. The Morgan fingerprint density at radius 3 is 2.46 bits per heavy atom. The summed E-state index contributed by atoms with van der Waals surface area (Å²) in [4.78, 5) is 22.7. The molecule has 1 rings (SSSR count). The molecule has 6 heteroatoms. The topological polar surface area (TPSA) is 84.9 Å². The molecule has 1 aromatic carbocycles. The minimum atomic E-state index is -0.777. The lowest BCUT2D eigenvalue weighted by molar-refractivity contribution is -0.137. The SMILES string of the molecule is CCC(CCCCC(=O)O)NC(=O)Cc1ccc(OC)c(OC)c1. The summed E-state index contributed by atoms with van der Waals surface area (Å²) in [5, 5.41) is 11.6. The highest BCUT2D eigenvalue weighted by Gasteiger charge is 2.12. The van der Waals surface area contributed by atoms with Crippen LogP contribution in [0.25, 0.3) is 0 Å². The first-order chi connectivity index (χ1) is 11.5. The van der Waals surface area contributed by atoms with E-state index in [0.717, 1.165) is 24.8 Å². The molecule has 0 aromatic heterocycles. The Hall–Kier alpha value is -2.24. The number of ether oxygens (including phenoxy) is 2. The molecule has 134 valence electrons. The third kappa shape index (κ3) is 6.89. The van der Waals surface area contributed by atoms with Crippen LogP contribution in [-0.4, -0.2) is 37.2 Å². The predicted octanol–water partition coefficient (Wildman–Crippen LogP) is 2.79. The van der Waals surface area contributed by atoms with Gasteiger partial charge >= 0.3 is 5.97 Å². The van der Waals surface area contributed by atoms with Crippen LogP contribution in [0.2, 0.25) is 0 Å². The molecule has 1 aromatic rings. The number of methoxy groups -OCH3 is 2. The maximum atomic E-state index is 12.2. The van der Waals surface area contributed by atoms with Gasteiger partial charge in [0.2, 0.25) is 5.91 Å². The maximum absolute atomic E-state index is 12.2. The molecule has 1 unspecified atom stereocenters. The average molecular weight is 337 g/mol. The number of hydrogen-bond donors (Lipinski definition) is 2. The number of rotatable bonds is 11. The normalized spacial score (nSPS) is 11.6. The smallest absolute Gasteiger partial charge is 0.303 e. The first-order valence-corrected chi connectivity index (χ1v) is 8.22. The lowest BCUT2D eigenvalue weighted by atomic mass is 10.0. The number of carbonyl (C=O) groups excluding carboxylic acids is 1. The number of aliphatic carboxylic acids is 1. The van der Waals surface area contributed by atoms with E-state index >= 15 is 0 Å². The zero-order valence-corrected chi connectivity index (χ0v) is 14.6. The molecular formula is C18H27NO5. The van der Waals surface area contributed by atoms with E-state index in [1.54, 1.807) is 26.4 Å². The van der Waals surface area contributed by atoms with Gasteiger partial charge in [0.05, 0.1) is 20.6 Å². The van der Waals surface area contributed by atoms with E-state index in [1.807, 2.05) is 13.0 Å². The largest absolute Gasteiger partial charge is 0.493 e. The number of carbonyl (C=O) groups is 2. The van der Waals surface area contributed by atoms with Crippen molar-refractivity contribution in [3.8, 4) is 11.5 Å². The van der Waals surface area contributed by atoms with E-state index in [9.17, 15) is 9.59 Å². The van der Waals surface area contributed by atoms with E-state index < -0.39 is 5.97 Å². The third-order valence-electron chi connectivity index (χ3n) is 3.86. The van der Waals surface area contributed by atoms with Crippen molar-refractivity contribution in [3.05, 3.63) is 23.8 Å². The van der Waals surface area contributed by atoms with Gasteiger partial charge in [-0.25, -0.2) is 0 Å². The monoisotopic (exact) mass is 337 g/mol. The number of carboxylic acid groups (broad SMARTS) is 1. The van der Waals surface area contributed by atoms with Crippen LogP contribution in [0.1, 0.15) is 44.6 Å². The van der Waals surface area contributed by atoms with Crippen molar-refractivity contribution >= 4 is 11.9 Å². The number of nitrogens with one attached hydrogen (secondary N) is 1. The van der Waals surface area contributed by atoms with Crippen molar-refractivity contribution in [1.82, 2.24) is 5.32 Å². The van der Waals surface area contributed by atoms with Crippen LogP contribution in [0.15, 0.2) is 18.2 Å². The molecule has 0 aliphatic heterocycles. The minimum Gasteiger partial charge on any atom is -0.493 e. The molecule has 0 saturated heterocycles.